The third-order valence-electron chi connectivity index (χ3n) is 4.79. The van der Waals surface area contributed by atoms with E-state index in [0.717, 1.165) is 37.8 Å². The van der Waals surface area contributed by atoms with Gasteiger partial charge in [-0.15, -0.1) is 0 Å². The molecule has 1 aromatic heterocycles. The van der Waals surface area contributed by atoms with Gasteiger partial charge in [-0.25, -0.2) is 4.79 Å². The van der Waals surface area contributed by atoms with Gasteiger partial charge in [-0.3, -0.25) is 4.98 Å². The van der Waals surface area contributed by atoms with Crippen molar-refractivity contribution in [3.63, 3.8) is 0 Å². The highest BCUT2D eigenvalue weighted by Crippen LogP contribution is 2.34. The minimum absolute atomic E-state index is 0.0723. The largest absolute Gasteiger partial charge is 0.497 e. The highest BCUT2D eigenvalue weighted by Gasteiger charge is 2.30. The molecule has 144 valence electrons. The number of rotatable bonds is 7. The molecular formula is C21H27N3O3. The van der Waals surface area contributed by atoms with E-state index in [4.69, 9.17) is 9.47 Å². The molecule has 2 heterocycles. The first-order chi connectivity index (χ1) is 13.2. The van der Waals surface area contributed by atoms with Crippen LogP contribution in [0.1, 0.15) is 44.2 Å². The van der Waals surface area contributed by atoms with Gasteiger partial charge in [-0.2, -0.15) is 0 Å². The van der Waals surface area contributed by atoms with E-state index in [1.165, 1.54) is 0 Å². The van der Waals surface area contributed by atoms with Crippen molar-refractivity contribution < 1.29 is 14.3 Å². The number of methoxy groups -OCH3 is 1. The summed E-state index contributed by atoms with van der Waals surface area (Å²) in [6.45, 7) is 3.47. The molecule has 0 saturated carbocycles. The van der Waals surface area contributed by atoms with E-state index in [-0.39, 0.29) is 12.1 Å². The lowest BCUT2D eigenvalue weighted by Gasteiger charge is -2.26. The van der Waals surface area contributed by atoms with E-state index in [1.807, 2.05) is 29.2 Å². The maximum absolute atomic E-state index is 13.0. The molecule has 1 aliphatic heterocycles. The molecule has 1 atom stereocenters. The molecule has 0 aliphatic carbocycles. The van der Waals surface area contributed by atoms with Crippen molar-refractivity contribution in [1.82, 2.24) is 9.88 Å². The number of likely N-dealkylation sites (tertiary alicyclic amines) is 1. The molecule has 1 aliphatic rings. The SMILES string of the molecule is CCCCOc1ccc(OC)cc1NC(=O)N1CCCC1c1ccncc1. The highest BCUT2D eigenvalue weighted by atomic mass is 16.5. The number of hydrogen-bond donors (Lipinski definition) is 1. The number of nitrogens with one attached hydrogen (secondary N) is 1. The fourth-order valence-electron chi connectivity index (χ4n) is 3.32. The summed E-state index contributed by atoms with van der Waals surface area (Å²) in [5.41, 5.74) is 1.75. The molecule has 0 spiro atoms. The molecule has 0 bridgehead atoms. The van der Waals surface area contributed by atoms with E-state index in [2.05, 4.69) is 17.2 Å². The zero-order valence-corrected chi connectivity index (χ0v) is 16.0. The average Bonchev–Trinajstić information content (AvgIpc) is 3.20. The summed E-state index contributed by atoms with van der Waals surface area (Å²) >= 11 is 0. The molecule has 2 aromatic rings. The molecular weight excluding hydrogens is 342 g/mol. The van der Waals surface area contributed by atoms with Crippen LogP contribution in [0.25, 0.3) is 0 Å². The molecule has 1 fully saturated rings. The van der Waals surface area contributed by atoms with Crippen LogP contribution in [0, 0.1) is 0 Å². The topological polar surface area (TPSA) is 63.7 Å². The molecule has 1 aromatic carbocycles. The predicted octanol–water partition coefficient (Wildman–Crippen LogP) is 4.64. The van der Waals surface area contributed by atoms with Crippen LogP contribution in [0.4, 0.5) is 10.5 Å². The van der Waals surface area contributed by atoms with Crippen molar-refractivity contribution in [3.8, 4) is 11.5 Å². The van der Waals surface area contributed by atoms with Crippen molar-refractivity contribution in [2.75, 3.05) is 25.6 Å². The molecule has 27 heavy (non-hydrogen) atoms. The number of aromatic nitrogens is 1. The summed E-state index contributed by atoms with van der Waals surface area (Å²) in [5.74, 6) is 1.34. The summed E-state index contributed by atoms with van der Waals surface area (Å²) in [4.78, 5) is 18.9. The molecule has 2 amide bonds. The lowest BCUT2D eigenvalue weighted by Crippen LogP contribution is -2.34. The second kappa shape index (κ2) is 9.26. The predicted molar refractivity (Wildman–Crippen MR) is 105 cm³/mol. The van der Waals surface area contributed by atoms with Crippen LogP contribution < -0.4 is 14.8 Å². The van der Waals surface area contributed by atoms with Crippen LogP contribution in [0.2, 0.25) is 0 Å². The van der Waals surface area contributed by atoms with Crippen molar-refractivity contribution in [2.45, 2.75) is 38.6 Å². The third kappa shape index (κ3) is 4.70. The summed E-state index contributed by atoms with van der Waals surface area (Å²) in [6, 6.07) is 9.38. The minimum Gasteiger partial charge on any atom is -0.497 e. The number of anilines is 1. The number of unbranched alkanes of at least 4 members (excludes halogenated alkanes) is 1. The van der Waals surface area contributed by atoms with E-state index < -0.39 is 0 Å². The number of hydrogen-bond acceptors (Lipinski definition) is 4. The first-order valence-corrected chi connectivity index (χ1v) is 9.51. The number of urea groups is 1. The molecule has 1 unspecified atom stereocenters. The number of nitrogens with zero attached hydrogens (tertiary/aromatic N) is 2. The lowest BCUT2D eigenvalue weighted by atomic mass is 10.1. The maximum Gasteiger partial charge on any atom is 0.322 e. The Bertz CT molecular complexity index is 752. The van der Waals surface area contributed by atoms with E-state index >= 15 is 0 Å². The molecule has 1 N–H and O–H groups in total. The first kappa shape index (κ1) is 19.0. The quantitative estimate of drug-likeness (QED) is 0.722. The summed E-state index contributed by atoms with van der Waals surface area (Å²) < 4.78 is 11.2. The zero-order chi connectivity index (χ0) is 19.1. The van der Waals surface area contributed by atoms with Gasteiger partial charge < -0.3 is 19.7 Å². The Labute approximate surface area is 160 Å². The van der Waals surface area contributed by atoms with Gasteiger partial charge in [0.25, 0.3) is 0 Å². The maximum atomic E-state index is 13.0. The Morgan fingerprint density at radius 3 is 2.85 bits per heavy atom. The number of pyridine rings is 1. The molecule has 1 saturated heterocycles. The monoisotopic (exact) mass is 369 g/mol. The fourth-order valence-corrected chi connectivity index (χ4v) is 3.32. The second-order valence-electron chi connectivity index (χ2n) is 6.63. The van der Waals surface area contributed by atoms with Gasteiger partial charge >= 0.3 is 6.03 Å². The van der Waals surface area contributed by atoms with E-state index in [9.17, 15) is 4.79 Å². The minimum atomic E-state index is -0.122. The highest BCUT2D eigenvalue weighted by molar-refractivity contribution is 5.91. The molecule has 3 rings (SSSR count). The van der Waals surface area contributed by atoms with Crippen molar-refractivity contribution in [1.29, 1.82) is 0 Å². The van der Waals surface area contributed by atoms with Gasteiger partial charge in [0.2, 0.25) is 0 Å². The summed E-state index contributed by atoms with van der Waals surface area (Å²) in [5, 5.41) is 3.02. The normalized spacial score (nSPS) is 16.2. The van der Waals surface area contributed by atoms with Gasteiger partial charge in [-0.05, 0) is 49.1 Å². The van der Waals surface area contributed by atoms with Gasteiger partial charge in [0.15, 0.2) is 0 Å². The number of carbonyl (C=O) groups is 1. The third-order valence-corrected chi connectivity index (χ3v) is 4.79. The number of benzene rings is 1. The van der Waals surface area contributed by atoms with Crippen LogP contribution in [-0.4, -0.2) is 36.2 Å². The number of ether oxygens (including phenoxy) is 2. The first-order valence-electron chi connectivity index (χ1n) is 9.51. The van der Waals surface area contributed by atoms with Crippen molar-refractivity contribution in [3.05, 3.63) is 48.3 Å². The summed E-state index contributed by atoms with van der Waals surface area (Å²) in [7, 11) is 1.61. The molecule has 6 nitrogen and oxygen atoms in total. The lowest BCUT2D eigenvalue weighted by molar-refractivity contribution is 0.207. The Balaban J connectivity index is 1.76. The molecule has 0 radical (unpaired) electrons. The smallest absolute Gasteiger partial charge is 0.322 e. The Hall–Kier alpha value is -2.76. The van der Waals surface area contributed by atoms with Crippen LogP contribution in [0.5, 0.6) is 11.5 Å². The van der Waals surface area contributed by atoms with Gasteiger partial charge in [0, 0.05) is 25.0 Å². The Morgan fingerprint density at radius 1 is 1.30 bits per heavy atom. The molecule has 6 heteroatoms. The number of amides is 2. The van der Waals surface area contributed by atoms with Crippen LogP contribution in [0.15, 0.2) is 42.7 Å². The van der Waals surface area contributed by atoms with Gasteiger partial charge in [-0.1, -0.05) is 13.3 Å². The van der Waals surface area contributed by atoms with Crippen molar-refractivity contribution in [2.24, 2.45) is 0 Å². The fraction of sp³-hybridized carbons (Fsp3) is 0.429. The van der Waals surface area contributed by atoms with E-state index in [0.29, 0.717) is 23.8 Å². The van der Waals surface area contributed by atoms with Gasteiger partial charge in [0.1, 0.15) is 11.5 Å². The van der Waals surface area contributed by atoms with E-state index in [1.54, 1.807) is 25.6 Å². The second-order valence-corrected chi connectivity index (χ2v) is 6.63. The van der Waals surface area contributed by atoms with Crippen LogP contribution in [0.3, 0.4) is 0 Å². The van der Waals surface area contributed by atoms with Crippen LogP contribution in [-0.2, 0) is 0 Å². The van der Waals surface area contributed by atoms with Gasteiger partial charge in [0.05, 0.1) is 25.4 Å². The Morgan fingerprint density at radius 2 is 2.11 bits per heavy atom. The zero-order valence-electron chi connectivity index (χ0n) is 16.0. The Kier molecular flexibility index (Phi) is 6.52. The number of carbonyl (C=O) groups excluding carboxylic acids is 1. The standard InChI is InChI=1S/C21H27N3O3/c1-3-4-14-27-20-8-7-17(26-2)15-18(20)23-21(25)24-13-5-6-19(24)16-9-11-22-12-10-16/h7-12,15,19H,3-6,13-14H2,1-2H3,(H,23,25). The summed E-state index contributed by atoms with van der Waals surface area (Å²) in [6.07, 6.45) is 7.50. The van der Waals surface area contributed by atoms with Crippen LogP contribution >= 0.6 is 0 Å². The average molecular weight is 369 g/mol. The van der Waals surface area contributed by atoms with Crippen molar-refractivity contribution >= 4 is 11.7 Å².